The lowest BCUT2D eigenvalue weighted by molar-refractivity contribution is -0.139. The number of nitrogens with one attached hydrogen (secondary N) is 1. The maximum Gasteiger partial charge on any atom is 0.309 e. The smallest absolute Gasteiger partial charge is 0.309 e. The van der Waals surface area contributed by atoms with Crippen LogP contribution >= 0.6 is 0 Å². The quantitative estimate of drug-likeness (QED) is 0.572. The first-order valence-corrected chi connectivity index (χ1v) is 4.12. The highest BCUT2D eigenvalue weighted by Crippen LogP contribution is 2.10. The molecule has 4 nitrogen and oxygen atoms in total. The molecule has 1 aromatic rings. The summed E-state index contributed by atoms with van der Waals surface area (Å²) in [4.78, 5) is 21.1. The van der Waals surface area contributed by atoms with Gasteiger partial charge >= 0.3 is 5.97 Å². The van der Waals surface area contributed by atoms with E-state index in [1.807, 2.05) is 0 Å². The van der Waals surface area contributed by atoms with Gasteiger partial charge in [0.05, 0.1) is 13.5 Å². The number of carbonyl (C=O) groups excluding carboxylic acids is 2. The van der Waals surface area contributed by atoms with Crippen molar-refractivity contribution in [1.29, 1.82) is 0 Å². The van der Waals surface area contributed by atoms with Crippen LogP contribution in [0, 0.1) is 0 Å². The van der Waals surface area contributed by atoms with Gasteiger partial charge in [-0.25, -0.2) is 0 Å². The average molecular weight is 193 g/mol. The maximum absolute atomic E-state index is 10.9. The third kappa shape index (κ3) is 2.90. The number of anilines is 1. The Morgan fingerprint density at radius 1 is 1.57 bits per heavy atom. The monoisotopic (exact) mass is 193 g/mol. The lowest BCUT2D eigenvalue weighted by Crippen LogP contribution is -2.04. The van der Waals surface area contributed by atoms with Crippen molar-refractivity contribution in [2.75, 3.05) is 12.4 Å². The minimum Gasteiger partial charge on any atom is -0.469 e. The van der Waals surface area contributed by atoms with E-state index in [4.69, 9.17) is 0 Å². The Balaban J connectivity index is 2.72. The van der Waals surface area contributed by atoms with Crippen LogP contribution in [0.4, 0.5) is 5.69 Å². The van der Waals surface area contributed by atoms with Gasteiger partial charge in [0, 0.05) is 5.69 Å². The number of hydrogen-bond acceptors (Lipinski definition) is 3. The van der Waals surface area contributed by atoms with Gasteiger partial charge in [-0.15, -0.1) is 0 Å². The molecule has 0 radical (unpaired) electrons. The van der Waals surface area contributed by atoms with Crippen molar-refractivity contribution >= 4 is 18.1 Å². The summed E-state index contributed by atoms with van der Waals surface area (Å²) in [6.45, 7) is 0. The van der Waals surface area contributed by atoms with Gasteiger partial charge < -0.3 is 10.1 Å². The van der Waals surface area contributed by atoms with Gasteiger partial charge in [-0.05, 0) is 17.7 Å². The van der Waals surface area contributed by atoms with Gasteiger partial charge in [0.25, 0.3) is 0 Å². The molecule has 0 saturated heterocycles. The summed E-state index contributed by atoms with van der Waals surface area (Å²) >= 11 is 0. The Morgan fingerprint density at radius 2 is 2.36 bits per heavy atom. The van der Waals surface area contributed by atoms with E-state index in [9.17, 15) is 9.59 Å². The molecule has 4 heteroatoms. The molecule has 0 atom stereocenters. The predicted molar refractivity (Wildman–Crippen MR) is 51.8 cm³/mol. The van der Waals surface area contributed by atoms with Crippen LogP contribution in [0.3, 0.4) is 0 Å². The molecule has 0 spiro atoms. The van der Waals surface area contributed by atoms with E-state index >= 15 is 0 Å². The van der Waals surface area contributed by atoms with E-state index in [0.717, 1.165) is 5.56 Å². The van der Waals surface area contributed by atoms with Gasteiger partial charge in [-0.3, -0.25) is 9.59 Å². The minimum absolute atomic E-state index is 0.213. The Kier molecular flexibility index (Phi) is 3.67. The minimum atomic E-state index is -0.298. The van der Waals surface area contributed by atoms with Crippen molar-refractivity contribution in [3.63, 3.8) is 0 Å². The van der Waals surface area contributed by atoms with E-state index < -0.39 is 0 Å². The van der Waals surface area contributed by atoms with E-state index in [1.54, 1.807) is 24.3 Å². The summed E-state index contributed by atoms with van der Waals surface area (Å²) in [5, 5.41) is 2.51. The zero-order valence-corrected chi connectivity index (χ0v) is 7.82. The third-order valence-electron chi connectivity index (χ3n) is 1.73. The van der Waals surface area contributed by atoms with Crippen LogP contribution < -0.4 is 5.32 Å². The highest BCUT2D eigenvalue weighted by atomic mass is 16.5. The van der Waals surface area contributed by atoms with Crippen molar-refractivity contribution in [2.24, 2.45) is 0 Å². The van der Waals surface area contributed by atoms with Gasteiger partial charge in [0.15, 0.2) is 0 Å². The third-order valence-corrected chi connectivity index (χ3v) is 1.73. The second kappa shape index (κ2) is 5.01. The number of esters is 1. The molecular weight excluding hydrogens is 182 g/mol. The molecule has 0 unspecified atom stereocenters. The molecule has 0 aliphatic carbocycles. The molecule has 0 aliphatic heterocycles. The van der Waals surface area contributed by atoms with E-state index in [1.165, 1.54) is 7.11 Å². The fourth-order valence-electron chi connectivity index (χ4n) is 1.08. The molecule has 14 heavy (non-hydrogen) atoms. The maximum atomic E-state index is 10.9. The Morgan fingerprint density at radius 3 is 3.00 bits per heavy atom. The van der Waals surface area contributed by atoms with Gasteiger partial charge in [0.1, 0.15) is 0 Å². The number of rotatable bonds is 4. The molecule has 1 aromatic carbocycles. The molecule has 0 aromatic heterocycles. The second-order valence-electron chi connectivity index (χ2n) is 2.72. The highest BCUT2D eigenvalue weighted by Gasteiger charge is 2.02. The van der Waals surface area contributed by atoms with Crippen molar-refractivity contribution in [3.05, 3.63) is 29.8 Å². The normalized spacial score (nSPS) is 9.21. The lowest BCUT2D eigenvalue weighted by atomic mass is 10.1. The SMILES string of the molecule is COC(=O)Cc1cccc(NC=O)c1. The average Bonchev–Trinajstić information content (AvgIpc) is 2.19. The van der Waals surface area contributed by atoms with Crippen LogP contribution in [0.15, 0.2) is 24.3 Å². The van der Waals surface area contributed by atoms with Crippen molar-refractivity contribution in [1.82, 2.24) is 0 Å². The Hall–Kier alpha value is -1.84. The molecule has 74 valence electrons. The summed E-state index contributed by atoms with van der Waals surface area (Å²) in [6, 6.07) is 7.04. The Bertz CT molecular complexity index is 336. The van der Waals surface area contributed by atoms with Crippen LogP contribution in [0.2, 0.25) is 0 Å². The molecule has 0 heterocycles. The topological polar surface area (TPSA) is 55.4 Å². The van der Waals surface area contributed by atoms with Crippen LogP contribution in [-0.4, -0.2) is 19.5 Å². The van der Waals surface area contributed by atoms with Crippen LogP contribution in [0.25, 0.3) is 0 Å². The standard InChI is InChI=1S/C10H11NO3/c1-14-10(13)6-8-3-2-4-9(5-8)11-7-12/h2-5,7H,6H2,1H3,(H,11,12). The molecule has 0 fully saturated rings. The molecule has 0 aliphatic rings. The fraction of sp³-hybridized carbons (Fsp3) is 0.200. The van der Waals surface area contributed by atoms with Crippen molar-refractivity contribution < 1.29 is 14.3 Å². The number of methoxy groups -OCH3 is 1. The fourth-order valence-corrected chi connectivity index (χ4v) is 1.08. The number of benzene rings is 1. The summed E-state index contributed by atoms with van der Waals surface area (Å²) in [7, 11) is 1.34. The van der Waals surface area contributed by atoms with E-state index in [2.05, 4.69) is 10.1 Å². The number of amides is 1. The highest BCUT2D eigenvalue weighted by molar-refractivity contribution is 5.75. The van der Waals surface area contributed by atoms with Gasteiger partial charge in [-0.2, -0.15) is 0 Å². The summed E-state index contributed by atoms with van der Waals surface area (Å²) in [5.74, 6) is -0.298. The summed E-state index contributed by atoms with van der Waals surface area (Å²) < 4.78 is 4.53. The molecular formula is C10H11NO3. The van der Waals surface area contributed by atoms with Crippen molar-refractivity contribution in [3.8, 4) is 0 Å². The molecule has 0 bridgehead atoms. The zero-order chi connectivity index (χ0) is 10.4. The van der Waals surface area contributed by atoms with Gasteiger partial charge in [-0.1, -0.05) is 12.1 Å². The largest absolute Gasteiger partial charge is 0.469 e. The number of ether oxygens (including phenoxy) is 1. The van der Waals surface area contributed by atoms with E-state index in [0.29, 0.717) is 12.1 Å². The van der Waals surface area contributed by atoms with E-state index in [-0.39, 0.29) is 12.4 Å². The predicted octanol–water partition coefficient (Wildman–Crippen LogP) is 0.970. The number of carbonyl (C=O) groups is 2. The first kappa shape index (κ1) is 10.2. The summed E-state index contributed by atoms with van der Waals surface area (Å²) in [6.07, 6.45) is 0.808. The Labute approximate surface area is 81.9 Å². The molecule has 1 rings (SSSR count). The molecule has 1 N–H and O–H groups in total. The van der Waals surface area contributed by atoms with Crippen LogP contribution in [0.5, 0.6) is 0 Å². The van der Waals surface area contributed by atoms with Crippen LogP contribution in [-0.2, 0) is 20.7 Å². The summed E-state index contributed by atoms with van der Waals surface area (Å²) in [5.41, 5.74) is 1.48. The lowest BCUT2D eigenvalue weighted by Gasteiger charge is -2.02. The molecule has 0 saturated carbocycles. The first-order valence-electron chi connectivity index (χ1n) is 4.12. The first-order chi connectivity index (χ1) is 6.76. The van der Waals surface area contributed by atoms with Crippen molar-refractivity contribution in [2.45, 2.75) is 6.42 Å². The molecule has 1 amide bonds. The second-order valence-corrected chi connectivity index (χ2v) is 2.72. The number of hydrogen-bond donors (Lipinski definition) is 1. The zero-order valence-electron chi connectivity index (χ0n) is 7.82. The van der Waals surface area contributed by atoms with Gasteiger partial charge in [0.2, 0.25) is 6.41 Å². The van der Waals surface area contributed by atoms with Crippen LogP contribution in [0.1, 0.15) is 5.56 Å².